The first-order valence-corrected chi connectivity index (χ1v) is 6.15. The average Bonchev–Trinajstić information content (AvgIpc) is 2.19. The zero-order valence-corrected chi connectivity index (χ0v) is 11.2. The fraction of sp³-hybridized carbons (Fsp3) is 0.833. The highest BCUT2D eigenvalue weighted by atomic mass is 16.5. The van der Waals surface area contributed by atoms with Gasteiger partial charge in [0.05, 0.1) is 6.10 Å². The van der Waals surface area contributed by atoms with Gasteiger partial charge in [0, 0.05) is 25.1 Å². The normalized spacial score (nSPS) is 23.1. The van der Waals surface area contributed by atoms with Gasteiger partial charge in [-0.15, -0.1) is 0 Å². The number of carbonyl (C=O) groups excluding carboxylic acids is 1. The van der Waals surface area contributed by atoms with Crippen molar-refractivity contribution in [2.45, 2.75) is 57.2 Å². The van der Waals surface area contributed by atoms with Crippen molar-refractivity contribution in [2.75, 3.05) is 7.11 Å². The summed E-state index contributed by atoms with van der Waals surface area (Å²) in [4.78, 5) is 22.2. The van der Waals surface area contributed by atoms with Gasteiger partial charge < -0.3 is 20.5 Å². The van der Waals surface area contributed by atoms with Gasteiger partial charge in [0.2, 0.25) is 0 Å². The number of hydrogen-bond acceptors (Lipinski definition) is 3. The van der Waals surface area contributed by atoms with Crippen LogP contribution in [0, 0.1) is 0 Å². The number of urea groups is 1. The van der Waals surface area contributed by atoms with E-state index in [4.69, 9.17) is 9.84 Å². The molecule has 0 saturated heterocycles. The Bertz CT molecular complexity index is 311. The zero-order chi connectivity index (χ0) is 13.8. The highest BCUT2D eigenvalue weighted by molar-refractivity contribution is 5.75. The van der Waals surface area contributed by atoms with E-state index >= 15 is 0 Å². The number of nitrogens with one attached hydrogen (secondary N) is 2. The summed E-state index contributed by atoms with van der Waals surface area (Å²) in [7, 11) is 1.66. The Hall–Kier alpha value is -1.30. The monoisotopic (exact) mass is 258 g/mol. The molecule has 0 heterocycles. The van der Waals surface area contributed by atoms with Gasteiger partial charge in [0.15, 0.2) is 0 Å². The van der Waals surface area contributed by atoms with Gasteiger partial charge in [-0.25, -0.2) is 4.79 Å². The molecule has 0 aromatic carbocycles. The summed E-state index contributed by atoms with van der Waals surface area (Å²) in [6.45, 7) is 3.63. The van der Waals surface area contributed by atoms with E-state index in [-0.39, 0.29) is 24.6 Å². The molecule has 3 N–H and O–H groups in total. The summed E-state index contributed by atoms with van der Waals surface area (Å²) in [5.74, 6) is -0.854. The number of hydrogen-bond donors (Lipinski definition) is 3. The Morgan fingerprint density at radius 2 is 2.00 bits per heavy atom. The van der Waals surface area contributed by atoms with E-state index in [1.54, 1.807) is 7.11 Å². The number of carboxylic acid groups (broad SMARTS) is 1. The molecule has 0 aliphatic heterocycles. The molecule has 1 rings (SSSR count). The van der Waals surface area contributed by atoms with Crippen molar-refractivity contribution < 1.29 is 19.4 Å². The van der Waals surface area contributed by atoms with Crippen molar-refractivity contribution in [2.24, 2.45) is 0 Å². The van der Waals surface area contributed by atoms with Crippen LogP contribution in [0.15, 0.2) is 0 Å². The van der Waals surface area contributed by atoms with Crippen LogP contribution in [0.5, 0.6) is 0 Å². The quantitative estimate of drug-likeness (QED) is 0.666. The molecule has 0 atom stereocenters. The lowest BCUT2D eigenvalue weighted by atomic mass is 9.89. The van der Waals surface area contributed by atoms with E-state index in [2.05, 4.69) is 10.6 Å². The summed E-state index contributed by atoms with van der Waals surface area (Å²) >= 11 is 0. The summed E-state index contributed by atoms with van der Waals surface area (Å²) in [6, 6.07) is -0.0878. The van der Waals surface area contributed by atoms with Gasteiger partial charge in [-0.05, 0) is 33.1 Å². The van der Waals surface area contributed by atoms with Crippen LogP contribution < -0.4 is 10.6 Å². The Labute approximate surface area is 107 Å². The molecule has 1 aliphatic carbocycles. The number of aliphatic carboxylic acids is 1. The SMILES string of the molecule is COC1CC(NC(=O)NC(C)(C)CCC(=O)O)C1. The molecular formula is C12H22N2O4. The third-order valence-electron chi connectivity index (χ3n) is 3.18. The number of rotatable bonds is 6. The van der Waals surface area contributed by atoms with Crippen molar-refractivity contribution in [3.8, 4) is 0 Å². The predicted molar refractivity (Wildman–Crippen MR) is 66.4 cm³/mol. The average molecular weight is 258 g/mol. The lowest BCUT2D eigenvalue weighted by Crippen LogP contribution is -2.55. The molecule has 0 aromatic heterocycles. The summed E-state index contributed by atoms with van der Waals surface area (Å²) in [6.07, 6.45) is 2.36. The highest BCUT2D eigenvalue weighted by Crippen LogP contribution is 2.22. The first-order valence-electron chi connectivity index (χ1n) is 6.15. The fourth-order valence-electron chi connectivity index (χ4n) is 1.89. The number of carboxylic acids is 1. The maximum Gasteiger partial charge on any atom is 0.315 e. The summed E-state index contributed by atoms with van der Waals surface area (Å²) < 4.78 is 5.13. The van der Waals surface area contributed by atoms with Crippen molar-refractivity contribution in [1.82, 2.24) is 10.6 Å². The third kappa shape index (κ3) is 4.91. The minimum Gasteiger partial charge on any atom is -0.481 e. The van der Waals surface area contributed by atoms with Crippen LogP contribution >= 0.6 is 0 Å². The van der Waals surface area contributed by atoms with E-state index in [0.717, 1.165) is 12.8 Å². The standard InChI is InChI=1S/C12H22N2O4/c1-12(2,5-4-10(15)16)14-11(17)13-8-6-9(7-8)18-3/h8-9H,4-7H2,1-3H3,(H,15,16)(H2,13,14,17). The van der Waals surface area contributed by atoms with Crippen LogP contribution in [0.4, 0.5) is 4.79 Å². The van der Waals surface area contributed by atoms with Crippen LogP contribution in [0.2, 0.25) is 0 Å². The lowest BCUT2D eigenvalue weighted by Gasteiger charge is -2.35. The van der Waals surface area contributed by atoms with E-state index in [0.29, 0.717) is 6.42 Å². The lowest BCUT2D eigenvalue weighted by molar-refractivity contribution is -0.137. The molecule has 6 heteroatoms. The molecule has 0 aromatic rings. The molecule has 2 amide bonds. The van der Waals surface area contributed by atoms with E-state index in [9.17, 15) is 9.59 Å². The molecule has 0 unspecified atom stereocenters. The maximum atomic E-state index is 11.7. The van der Waals surface area contributed by atoms with Gasteiger partial charge in [-0.3, -0.25) is 4.79 Å². The Balaban J connectivity index is 2.24. The second-order valence-electron chi connectivity index (χ2n) is 5.40. The minimum atomic E-state index is -0.854. The molecule has 6 nitrogen and oxygen atoms in total. The molecule has 104 valence electrons. The molecule has 1 fully saturated rings. The number of ether oxygens (including phenoxy) is 1. The topological polar surface area (TPSA) is 87.7 Å². The second kappa shape index (κ2) is 6.04. The van der Waals surface area contributed by atoms with Crippen LogP contribution in [0.1, 0.15) is 39.5 Å². The fourth-order valence-corrected chi connectivity index (χ4v) is 1.89. The predicted octanol–water partition coefficient (Wildman–Crippen LogP) is 1.11. The van der Waals surface area contributed by atoms with Crippen LogP contribution in [0.3, 0.4) is 0 Å². The largest absolute Gasteiger partial charge is 0.481 e. The van der Waals surface area contributed by atoms with Crippen LogP contribution in [-0.2, 0) is 9.53 Å². The summed E-state index contributed by atoms with van der Waals surface area (Å²) in [5.41, 5.74) is -0.521. The minimum absolute atomic E-state index is 0.0441. The molecule has 0 radical (unpaired) electrons. The number of methoxy groups -OCH3 is 1. The van der Waals surface area contributed by atoms with E-state index in [1.165, 1.54) is 0 Å². The Morgan fingerprint density at radius 3 is 2.50 bits per heavy atom. The van der Waals surface area contributed by atoms with Crippen molar-refractivity contribution in [3.63, 3.8) is 0 Å². The third-order valence-corrected chi connectivity index (χ3v) is 3.18. The van der Waals surface area contributed by atoms with Gasteiger partial charge >= 0.3 is 12.0 Å². The maximum absolute atomic E-state index is 11.7. The molecule has 1 saturated carbocycles. The van der Waals surface area contributed by atoms with Gasteiger partial charge in [0.25, 0.3) is 0 Å². The zero-order valence-electron chi connectivity index (χ0n) is 11.2. The van der Waals surface area contributed by atoms with Gasteiger partial charge in [0.1, 0.15) is 0 Å². The van der Waals surface area contributed by atoms with Crippen molar-refractivity contribution in [1.29, 1.82) is 0 Å². The highest BCUT2D eigenvalue weighted by Gasteiger charge is 2.31. The molecule has 18 heavy (non-hydrogen) atoms. The first-order chi connectivity index (χ1) is 8.32. The van der Waals surface area contributed by atoms with Crippen LogP contribution in [-0.4, -0.2) is 41.9 Å². The second-order valence-corrected chi connectivity index (χ2v) is 5.40. The van der Waals surface area contributed by atoms with Crippen molar-refractivity contribution >= 4 is 12.0 Å². The molecule has 0 spiro atoms. The van der Waals surface area contributed by atoms with Gasteiger partial charge in [-0.2, -0.15) is 0 Å². The molecule has 1 aliphatic rings. The van der Waals surface area contributed by atoms with Gasteiger partial charge in [-0.1, -0.05) is 0 Å². The number of carbonyl (C=O) groups is 2. The molecular weight excluding hydrogens is 236 g/mol. The first kappa shape index (κ1) is 14.8. The Kier molecular flexibility index (Phi) is 4.95. The number of amides is 2. The van der Waals surface area contributed by atoms with E-state index in [1.807, 2.05) is 13.8 Å². The van der Waals surface area contributed by atoms with Crippen molar-refractivity contribution in [3.05, 3.63) is 0 Å². The van der Waals surface area contributed by atoms with Crippen LogP contribution in [0.25, 0.3) is 0 Å². The summed E-state index contributed by atoms with van der Waals surface area (Å²) in [5, 5.41) is 14.3. The molecule has 0 bridgehead atoms. The smallest absolute Gasteiger partial charge is 0.315 e. The Morgan fingerprint density at radius 1 is 1.39 bits per heavy atom. The van der Waals surface area contributed by atoms with E-state index < -0.39 is 11.5 Å².